The van der Waals surface area contributed by atoms with Gasteiger partial charge in [-0.25, -0.2) is 0 Å². The molecule has 0 bridgehead atoms. The highest BCUT2D eigenvalue weighted by molar-refractivity contribution is 5.69. The van der Waals surface area contributed by atoms with Gasteiger partial charge >= 0.3 is 5.97 Å². The standard InChI is InChI=1S/C12H20N2O2/c1-3-14-8-6-11(10-14)9-13-7-5-12(15)16-4-2/h6,8,10,13H,3-5,7,9H2,1-2H3. The third-order valence-electron chi connectivity index (χ3n) is 2.32. The lowest BCUT2D eigenvalue weighted by molar-refractivity contribution is -0.142. The molecule has 0 fully saturated rings. The van der Waals surface area contributed by atoms with Crippen LogP contribution >= 0.6 is 0 Å². The number of hydrogen-bond donors (Lipinski definition) is 1. The zero-order chi connectivity index (χ0) is 11.8. The first kappa shape index (κ1) is 12.8. The van der Waals surface area contributed by atoms with Gasteiger partial charge in [0.25, 0.3) is 0 Å². The Bertz CT molecular complexity index is 321. The summed E-state index contributed by atoms with van der Waals surface area (Å²) in [7, 11) is 0. The molecular formula is C12H20N2O2. The number of rotatable bonds is 7. The minimum atomic E-state index is -0.138. The number of nitrogens with zero attached hydrogens (tertiary/aromatic N) is 1. The van der Waals surface area contributed by atoms with E-state index in [1.54, 1.807) is 0 Å². The van der Waals surface area contributed by atoms with Crippen LogP contribution in [0.25, 0.3) is 0 Å². The zero-order valence-corrected chi connectivity index (χ0v) is 10.0. The fourth-order valence-electron chi connectivity index (χ4n) is 1.45. The summed E-state index contributed by atoms with van der Waals surface area (Å²) >= 11 is 0. The van der Waals surface area contributed by atoms with Crippen molar-refractivity contribution >= 4 is 5.97 Å². The average Bonchev–Trinajstić information content (AvgIpc) is 2.73. The van der Waals surface area contributed by atoms with Gasteiger partial charge in [-0.15, -0.1) is 0 Å². The first-order chi connectivity index (χ1) is 7.76. The molecule has 4 heteroatoms. The molecular weight excluding hydrogens is 204 g/mol. The first-order valence-electron chi connectivity index (χ1n) is 5.77. The van der Waals surface area contributed by atoms with Crippen molar-refractivity contribution in [1.29, 1.82) is 0 Å². The summed E-state index contributed by atoms with van der Waals surface area (Å²) < 4.78 is 6.96. The lowest BCUT2D eigenvalue weighted by Crippen LogP contribution is -2.18. The van der Waals surface area contributed by atoms with Gasteiger partial charge in [0.15, 0.2) is 0 Å². The van der Waals surface area contributed by atoms with E-state index in [2.05, 4.69) is 35.3 Å². The second-order valence-corrected chi connectivity index (χ2v) is 3.58. The van der Waals surface area contributed by atoms with E-state index in [4.69, 9.17) is 4.74 Å². The van der Waals surface area contributed by atoms with Crippen LogP contribution in [0.4, 0.5) is 0 Å². The number of carbonyl (C=O) groups excluding carboxylic acids is 1. The molecule has 16 heavy (non-hydrogen) atoms. The SMILES string of the molecule is CCOC(=O)CCNCc1ccn(CC)c1. The Morgan fingerprint density at radius 1 is 1.50 bits per heavy atom. The number of hydrogen-bond acceptors (Lipinski definition) is 3. The van der Waals surface area contributed by atoms with Crippen molar-refractivity contribution < 1.29 is 9.53 Å². The normalized spacial score (nSPS) is 10.4. The van der Waals surface area contributed by atoms with Crippen LogP contribution in [-0.4, -0.2) is 23.7 Å². The summed E-state index contributed by atoms with van der Waals surface area (Å²) in [5.41, 5.74) is 1.24. The molecule has 1 N–H and O–H groups in total. The minimum absolute atomic E-state index is 0.138. The molecule has 0 unspecified atom stereocenters. The van der Waals surface area contributed by atoms with E-state index in [1.165, 1.54) is 5.56 Å². The lowest BCUT2D eigenvalue weighted by atomic mass is 10.3. The number of aryl methyl sites for hydroxylation is 1. The molecule has 1 heterocycles. The predicted molar refractivity (Wildman–Crippen MR) is 63.1 cm³/mol. The van der Waals surface area contributed by atoms with Gasteiger partial charge in [-0.2, -0.15) is 0 Å². The summed E-state index contributed by atoms with van der Waals surface area (Å²) in [4.78, 5) is 11.0. The van der Waals surface area contributed by atoms with Gasteiger partial charge in [0, 0.05) is 32.0 Å². The molecule has 0 saturated carbocycles. The van der Waals surface area contributed by atoms with Gasteiger partial charge in [0.05, 0.1) is 13.0 Å². The highest BCUT2D eigenvalue weighted by Crippen LogP contribution is 2.00. The molecule has 0 aliphatic heterocycles. The number of nitrogens with one attached hydrogen (secondary N) is 1. The third-order valence-corrected chi connectivity index (χ3v) is 2.32. The maximum absolute atomic E-state index is 11.0. The Labute approximate surface area is 96.6 Å². The predicted octanol–water partition coefficient (Wildman–Crippen LogP) is 1.55. The van der Waals surface area contributed by atoms with Crippen LogP contribution in [0.2, 0.25) is 0 Å². The number of carbonyl (C=O) groups is 1. The Balaban J connectivity index is 2.13. The Morgan fingerprint density at radius 2 is 2.31 bits per heavy atom. The third kappa shape index (κ3) is 4.49. The van der Waals surface area contributed by atoms with E-state index < -0.39 is 0 Å². The Morgan fingerprint density at radius 3 is 2.94 bits per heavy atom. The average molecular weight is 224 g/mol. The molecule has 0 spiro atoms. The maximum Gasteiger partial charge on any atom is 0.307 e. The Kier molecular flexibility index (Phi) is 5.64. The molecule has 1 rings (SSSR count). The number of ether oxygens (including phenoxy) is 1. The van der Waals surface area contributed by atoms with E-state index in [0.29, 0.717) is 19.6 Å². The van der Waals surface area contributed by atoms with E-state index in [1.807, 2.05) is 6.92 Å². The topological polar surface area (TPSA) is 43.3 Å². The molecule has 0 saturated heterocycles. The second kappa shape index (κ2) is 7.06. The number of aromatic nitrogens is 1. The summed E-state index contributed by atoms with van der Waals surface area (Å²) in [5.74, 6) is -0.138. The van der Waals surface area contributed by atoms with Crippen molar-refractivity contribution in [2.75, 3.05) is 13.2 Å². The molecule has 1 aromatic heterocycles. The van der Waals surface area contributed by atoms with E-state index in [0.717, 1.165) is 13.1 Å². The van der Waals surface area contributed by atoms with Gasteiger partial charge in [-0.05, 0) is 25.5 Å². The van der Waals surface area contributed by atoms with Crippen molar-refractivity contribution in [1.82, 2.24) is 9.88 Å². The lowest BCUT2D eigenvalue weighted by Gasteiger charge is -2.03. The van der Waals surface area contributed by atoms with Crippen molar-refractivity contribution in [2.24, 2.45) is 0 Å². The van der Waals surface area contributed by atoms with Crippen LogP contribution in [0.1, 0.15) is 25.8 Å². The quantitative estimate of drug-likeness (QED) is 0.564. The molecule has 0 aliphatic rings. The van der Waals surface area contributed by atoms with Gasteiger partial charge in [-0.3, -0.25) is 4.79 Å². The van der Waals surface area contributed by atoms with E-state index >= 15 is 0 Å². The highest BCUT2D eigenvalue weighted by Gasteiger charge is 2.00. The summed E-state index contributed by atoms with van der Waals surface area (Å²) in [6, 6.07) is 2.08. The van der Waals surface area contributed by atoms with Crippen LogP contribution < -0.4 is 5.32 Å². The summed E-state index contributed by atoms with van der Waals surface area (Å²) in [6.45, 7) is 6.83. The van der Waals surface area contributed by atoms with Gasteiger partial charge < -0.3 is 14.6 Å². The summed E-state index contributed by atoms with van der Waals surface area (Å²) in [6.07, 6.45) is 4.60. The fraction of sp³-hybridized carbons (Fsp3) is 0.583. The van der Waals surface area contributed by atoms with Crippen LogP contribution in [0.5, 0.6) is 0 Å². The zero-order valence-electron chi connectivity index (χ0n) is 10.0. The van der Waals surface area contributed by atoms with E-state index in [-0.39, 0.29) is 5.97 Å². The highest BCUT2D eigenvalue weighted by atomic mass is 16.5. The maximum atomic E-state index is 11.0. The molecule has 90 valence electrons. The van der Waals surface area contributed by atoms with Crippen LogP contribution in [0.15, 0.2) is 18.5 Å². The summed E-state index contributed by atoms with van der Waals surface area (Å²) in [5, 5.41) is 3.21. The molecule has 0 amide bonds. The van der Waals surface area contributed by atoms with Gasteiger partial charge in [0.1, 0.15) is 0 Å². The Hall–Kier alpha value is -1.29. The second-order valence-electron chi connectivity index (χ2n) is 3.58. The molecule has 0 radical (unpaired) electrons. The van der Waals surface area contributed by atoms with Crippen molar-refractivity contribution in [3.05, 3.63) is 24.0 Å². The van der Waals surface area contributed by atoms with Gasteiger partial charge in [0.2, 0.25) is 0 Å². The van der Waals surface area contributed by atoms with Crippen LogP contribution in [-0.2, 0) is 22.6 Å². The first-order valence-corrected chi connectivity index (χ1v) is 5.77. The largest absolute Gasteiger partial charge is 0.466 e. The molecule has 0 aliphatic carbocycles. The van der Waals surface area contributed by atoms with Crippen LogP contribution in [0.3, 0.4) is 0 Å². The van der Waals surface area contributed by atoms with Crippen molar-refractivity contribution in [2.45, 2.75) is 33.4 Å². The molecule has 4 nitrogen and oxygen atoms in total. The monoisotopic (exact) mass is 224 g/mol. The smallest absolute Gasteiger partial charge is 0.307 e. The van der Waals surface area contributed by atoms with Crippen LogP contribution in [0, 0.1) is 0 Å². The van der Waals surface area contributed by atoms with Crippen molar-refractivity contribution in [3.8, 4) is 0 Å². The molecule has 0 aromatic carbocycles. The fourth-order valence-corrected chi connectivity index (χ4v) is 1.45. The van der Waals surface area contributed by atoms with E-state index in [9.17, 15) is 4.79 Å². The number of esters is 1. The van der Waals surface area contributed by atoms with Gasteiger partial charge in [-0.1, -0.05) is 0 Å². The molecule has 1 aromatic rings. The minimum Gasteiger partial charge on any atom is -0.466 e. The van der Waals surface area contributed by atoms with Crippen molar-refractivity contribution in [3.63, 3.8) is 0 Å². The molecule has 0 atom stereocenters.